The van der Waals surface area contributed by atoms with Gasteiger partial charge in [0.05, 0.1) is 5.56 Å². The highest BCUT2D eigenvalue weighted by atomic mass is 79.9. The predicted octanol–water partition coefficient (Wildman–Crippen LogP) is 3.05. The number of benzene rings is 1. The van der Waals surface area contributed by atoms with Crippen molar-refractivity contribution in [1.82, 2.24) is 4.57 Å². The molecule has 1 aliphatic rings. The van der Waals surface area contributed by atoms with Crippen LogP contribution in [0.1, 0.15) is 29.7 Å². The first-order valence-corrected chi connectivity index (χ1v) is 8.26. The zero-order valence-corrected chi connectivity index (χ0v) is 14.2. The second-order valence-electron chi connectivity index (χ2n) is 5.73. The smallest absolute Gasteiger partial charge is 0.257 e. The zero-order chi connectivity index (χ0) is 17.3. The van der Waals surface area contributed by atoms with Crippen LogP contribution in [0.3, 0.4) is 0 Å². The number of aromatic nitrogens is 1. The largest absolute Gasteiger partial charge is 0.379 e. The number of aliphatic hydroxyl groups is 1. The van der Waals surface area contributed by atoms with E-state index in [0.717, 1.165) is 36.7 Å². The van der Waals surface area contributed by atoms with Crippen LogP contribution in [0.5, 0.6) is 0 Å². The van der Waals surface area contributed by atoms with E-state index in [1.165, 1.54) is 6.07 Å². The molecular weight excluding hydrogens is 380 g/mol. The van der Waals surface area contributed by atoms with Crippen molar-refractivity contribution in [1.29, 1.82) is 0 Å². The lowest BCUT2D eigenvalue weighted by molar-refractivity contribution is 0.0800. The summed E-state index contributed by atoms with van der Waals surface area (Å²) in [4.78, 5) is 15.2. The normalized spacial score (nSPS) is 15.3. The Kier molecular flexibility index (Phi) is 4.57. The molecule has 3 nitrogen and oxygen atoms in total. The molecule has 0 saturated carbocycles. The standard InChI is InChI=1S/C18H14BrF2NO2/c19-9-2-8-18(24,15-11-12(20)4-7-16(15)21)14-6-5-13-3-1-10-22(13)17(14)23/h4-7,11,24H,1,3,8,10H2. The highest BCUT2D eigenvalue weighted by Crippen LogP contribution is 2.34. The van der Waals surface area contributed by atoms with E-state index in [2.05, 4.69) is 26.7 Å². The van der Waals surface area contributed by atoms with Crippen molar-refractivity contribution < 1.29 is 13.9 Å². The second-order valence-corrected chi connectivity index (χ2v) is 6.13. The van der Waals surface area contributed by atoms with Gasteiger partial charge in [-0.15, -0.1) is 0 Å². The molecule has 6 heteroatoms. The lowest BCUT2D eigenvalue weighted by atomic mass is 9.84. The Hall–Kier alpha value is -1.97. The van der Waals surface area contributed by atoms with Crippen LogP contribution in [0.2, 0.25) is 0 Å². The van der Waals surface area contributed by atoms with E-state index in [1.807, 2.05) is 0 Å². The summed E-state index contributed by atoms with van der Waals surface area (Å²) in [5, 5.41) is 11.2. The number of aryl methyl sites for hydroxylation is 1. The first kappa shape index (κ1) is 16.9. The van der Waals surface area contributed by atoms with E-state index in [-0.39, 0.29) is 17.5 Å². The Morgan fingerprint density at radius 2 is 2.04 bits per heavy atom. The van der Waals surface area contributed by atoms with Crippen molar-refractivity contribution in [3.05, 3.63) is 69.1 Å². The van der Waals surface area contributed by atoms with E-state index < -0.39 is 22.8 Å². The molecule has 124 valence electrons. The summed E-state index contributed by atoms with van der Waals surface area (Å²) in [5.74, 6) is 1.12. The van der Waals surface area contributed by atoms with Crippen molar-refractivity contribution in [3.8, 4) is 10.8 Å². The van der Waals surface area contributed by atoms with Crippen LogP contribution in [0.15, 0.2) is 35.1 Å². The van der Waals surface area contributed by atoms with Crippen LogP contribution >= 0.6 is 15.9 Å². The van der Waals surface area contributed by atoms with Crippen molar-refractivity contribution in [3.63, 3.8) is 0 Å². The molecule has 0 bridgehead atoms. The van der Waals surface area contributed by atoms with Crippen LogP contribution in [-0.4, -0.2) is 9.67 Å². The van der Waals surface area contributed by atoms with Gasteiger partial charge in [-0.2, -0.15) is 0 Å². The van der Waals surface area contributed by atoms with Crippen LogP contribution in [0.25, 0.3) is 0 Å². The van der Waals surface area contributed by atoms with Crippen molar-refractivity contribution in [2.45, 2.75) is 31.4 Å². The molecule has 1 aromatic carbocycles. The zero-order valence-electron chi connectivity index (χ0n) is 12.7. The summed E-state index contributed by atoms with van der Waals surface area (Å²) in [6, 6.07) is 6.03. The number of pyridine rings is 1. The fourth-order valence-corrected chi connectivity index (χ4v) is 3.26. The summed E-state index contributed by atoms with van der Waals surface area (Å²) >= 11 is 2.93. The molecule has 1 aromatic heterocycles. The van der Waals surface area contributed by atoms with Crippen molar-refractivity contribution in [2.24, 2.45) is 0 Å². The monoisotopic (exact) mass is 393 g/mol. The van der Waals surface area contributed by atoms with Gasteiger partial charge in [0.25, 0.3) is 5.56 Å². The molecule has 1 unspecified atom stereocenters. The maximum atomic E-state index is 14.3. The first-order chi connectivity index (χ1) is 11.5. The van der Waals surface area contributed by atoms with E-state index in [4.69, 9.17) is 0 Å². The number of hydrogen-bond donors (Lipinski definition) is 1. The highest BCUT2D eigenvalue weighted by Gasteiger charge is 2.37. The third kappa shape index (κ3) is 2.79. The minimum atomic E-state index is -2.03. The molecule has 0 amide bonds. The van der Waals surface area contributed by atoms with Gasteiger partial charge in [0, 0.05) is 40.2 Å². The molecular formula is C18H14BrF2NO2. The summed E-state index contributed by atoms with van der Waals surface area (Å²) in [6.45, 7) is 0.549. The van der Waals surface area contributed by atoms with Crippen molar-refractivity contribution in [2.75, 3.05) is 0 Å². The van der Waals surface area contributed by atoms with Gasteiger partial charge in [0.2, 0.25) is 0 Å². The molecule has 1 atom stereocenters. The van der Waals surface area contributed by atoms with Crippen LogP contribution in [-0.2, 0) is 18.6 Å². The summed E-state index contributed by atoms with van der Waals surface area (Å²) < 4.78 is 29.5. The molecule has 0 radical (unpaired) electrons. The maximum Gasteiger partial charge on any atom is 0.257 e. The summed E-state index contributed by atoms with van der Waals surface area (Å²) in [7, 11) is 0. The Labute approximate surface area is 146 Å². The third-order valence-corrected chi connectivity index (χ3v) is 4.59. The molecule has 3 rings (SSSR count). The quantitative estimate of drug-likeness (QED) is 0.814. The Balaban J connectivity index is 2.25. The number of rotatable bonds is 3. The van der Waals surface area contributed by atoms with Gasteiger partial charge in [-0.3, -0.25) is 4.79 Å². The van der Waals surface area contributed by atoms with Gasteiger partial charge in [-0.05, 0) is 48.0 Å². The Morgan fingerprint density at radius 3 is 2.79 bits per heavy atom. The first-order valence-electron chi connectivity index (χ1n) is 7.47. The molecule has 0 spiro atoms. The van der Waals surface area contributed by atoms with Gasteiger partial charge in [0.15, 0.2) is 0 Å². The fourth-order valence-electron chi connectivity index (χ4n) is 3.12. The average Bonchev–Trinajstić information content (AvgIpc) is 3.05. The SMILES string of the molecule is O=c1c(C(O)(CC#CBr)c2cc(F)ccc2F)ccc2n1CCC2. The predicted molar refractivity (Wildman–Crippen MR) is 89.7 cm³/mol. The molecule has 0 saturated heterocycles. The fraction of sp³-hybridized carbons (Fsp3) is 0.278. The lowest BCUT2D eigenvalue weighted by Crippen LogP contribution is -2.37. The van der Waals surface area contributed by atoms with E-state index in [0.29, 0.717) is 6.54 Å². The van der Waals surface area contributed by atoms with Gasteiger partial charge >= 0.3 is 0 Å². The molecule has 24 heavy (non-hydrogen) atoms. The lowest BCUT2D eigenvalue weighted by Gasteiger charge is -2.27. The third-order valence-electron chi connectivity index (χ3n) is 4.31. The van der Waals surface area contributed by atoms with E-state index in [1.54, 1.807) is 10.6 Å². The summed E-state index contributed by atoms with van der Waals surface area (Å²) in [5.41, 5.74) is -1.86. The number of hydrogen-bond acceptors (Lipinski definition) is 2. The van der Waals surface area contributed by atoms with Gasteiger partial charge in [-0.1, -0.05) is 5.92 Å². The summed E-state index contributed by atoms with van der Waals surface area (Å²) in [6.07, 6.45) is 1.38. The molecule has 1 N–H and O–H groups in total. The molecule has 0 aliphatic carbocycles. The molecule has 0 fully saturated rings. The topological polar surface area (TPSA) is 42.2 Å². The molecule has 1 aliphatic heterocycles. The highest BCUT2D eigenvalue weighted by molar-refractivity contribution is 9.12. The maximum absolute atomic E-state index is 14.3. The van der Waals surface area contributed by atoms with E-state index >= 15 is 0 Å². The van der Waals surface area contributed by atoms with Crippen molar-refractivity contribution >= 4 is 15.9 Å². The number of fused-ring (bicyclic) bond motifs is 1. The van der Waals surface area contributed by atoms with Gasteiger partial charge in [-0.25, -0.2) is 8.78 Å². The van der Waals surface area contributed by atoms with Gasteiger partial charge < -0.3 is 9.67 Å². The average molecular weight is 394 g/mol. The number of nitrogens with zero attached hydrogens (tertiary/aromatic N) is 1. The molecule has 2 aromatic rings. The van der Waals surface area contributed by atoms with Crippen LogP contribution < -0.4 is 5.56 Å². The Bertz CT molecular complexity index is 913. The second kappa shape index (κ2) is 6.50. The van der Waals surface area contributed by atoms with Gasteiger partial charge in [0.1, 0.15) is 17.2 Å². The van der Waals surface area contributed by atoms with Crippen LogP contribution in [0.4, 0.5) is 8.78 Å². The van der Waals surface area contributed by atoms with E-state index in [9.17, 15) is 18.7 Å². The minimum absolute atomic E-state index is 0.00657. The Morgan fingerprint density at radius 1 is 1.25 bits per heavy atom. The molecule has 2 heterocycles. The minimum Gasteiger partial charge on any atom is -0.379 e. The van der Waals surface area contributed by atoms with Crippen LogP contribution in [0, 0.1) is 22.4 Å². The number of halogens is 3.